The lowest BCUT2D eigenvalue weighted by Gasteiger charge is -2.04. The molecule has 0 radical (unpaired) electrons. The van der Waals surface area contributed by atoms with E-state index in [2.05, 4.69) is 0 Å². The second-order valence-electron chi connectivity index (χ2n) is 1.70. The maximum absolute atomic E-state index is 11.2. The van der Waals surface area contributed by atoms with E-state index in [-0.39, 0.29) is 0 Å². The highest BCUT2D eigenvalue weighted by atomic mass is 19.4. The molecule has 0 aliphatic rings. The highest BCUT2D eigenvalue weighted by Crippen LogP contribution is 2.17. The minimum Gasteiger partial charge on any atom is -0.182 e. The van der Waals surface area contributed by atoms with Crippen LogP contribution in [0.1, 0.15) is 0 Å². The number of hydrogen-bond donors (Lipinski definition) is 0. The zero-order valence-electron chi connectivity index (χ0n) is 4.21. The van der Waals surface area contributed by atoms with Gasteiger partial charge in [-0.2, -0.15) is 13.2 Å². The van der Waals surface area contributed by atoms with Crippen molar-refractivity contribution in [3.05, 3.63) is 0 Å². The molecule has 0 heterocycles. The zero-order chi connectivity index (χ0) is 6.08. The topological polar surface area (TPSA) is 0 Å². The Balaban J connectivity index is 3.54. The van der Waals surface area contributed by atoms with Gasteiger partial charge in [-0.1, -0.05) is 13.6 Å². The number of rotatable bonds is 0. The van der Waals surface area contributed by atoms with Crippen LogP contribution in [0.15, 0.2) is 0 Å². The van der Waals surface area contributed by atoms with Gasteiger partial charge in [0.1, 0.15) is 0 Å². The van der Waals surface area contributed by atoms with E-state index in [4.69, 9.17) is 0 Å². The average Bonchev–Trinajstić information content (AvgIpc) is 1.31. The standard InChI is InChI=1S/C3H6BF3/c1-4(2)3(5,6)7/h1-2H3. The lowest BCUT2D eigenvalue weighted by molar-refractivity contribution is -0.0505. The summed E-state index contributed by atoms with van der Waals surface area (Å²) in [6.07, 6.45) is -4.00. The molecule has 0 aromatic carbocycles. The van der Waals surface area contributed by atoms with Crippen molar-refractivity contribution in [3.63, 3.8) is 0 Å². The summed E-state index contributed by atoms with van der Waals surface area (Å²) in [6.45, 7) is 1.05. The van der Waals surface area contributed by atoms with Crippen molar-refractivity contribution in [2.45, 2.75) is 19.7 Å². The van der Waals surface area contributed by atoms with Crippen LogP contribution in [0.3, 0.4) is 0 Å². The van der Waals surface area contributed by atoms with Gasteiger partial charge in [-0.3, -0.25) is 0 Å². The van der Waals surface area contributed by atoms with E-state index in [9.17, 15) is 13.2 Å². The summed E-state index contributed by atoms with van der Waals surface area (Å²) in [4.78, 5) is 0. The molecule has 7 heavy (non-hydrogen) atoms. The van der Waals surface area contributed by atoms with E-state index in [0.717, 1.165) is 13.6 Å². The SMILES string of the molecule is CB(C)C(F)(F)F. The molecule has 4 heteroatoms. The van der Waals surface area contributed by atoms with Crippen molar-refractivity contribution in [2.24, 2.45) is 0 Å². The Morgan fingerprint density at radius 3 is 1.29 bits per heavy atom. The summed E-state index contributed by atoms with van der Waals surface area (Å²) in [7, 11) is 0. The predicted molar refractivity (Wildman–Crippen MR) is 23.5 cm³/mol. The summed E-state index contributed by atoms with van der Waals surface area (Å²) in [5, 5.41) is 0. The molecule has 0 N–H and O–H groups in total. The minimum atomic E-state index is -4.00. The Morgan fingerprint density at radius 1 is 1.14 bits per heavy atom. The zero-order valence-corrected chi connectivity index (χ0v) is 4.21. The Morgan fingerprint density at radius 2 is 1.29 bits per heavy atom. The fourth-order valence-electron chi connectivity index (χ4n) is 0. The lowest BCUT2D eigenvalue weighted by atomic mass is 9.54. The normalized spacial score (nSPS) is 11.6. The smallest absolute Gasteiger partial charge is 0.182 e. The van der Waals surface area contributed by atoms with Crippen LogP contribution in [0.2, 0.25) is 13.6 Å². The van der Waals surface area contributed by atoms with Gasteiger partial charge in [0.2, 0.25) is 0 Å². The van der Waals surface area contributed by atoms with E-state index in [1.165, 1.54) is 0 Å². The van der Waals surface area contributed by atoms with Crippen LogP contribution in [-0.2, 0) is 0 Å². The van der Waals surface area contributed by atoms with Gasteiger partial charge in [0.05, 0.1) is 0 Å². The quantitative estimate of drug-likeness (QED) is 0.417. The molecule has 0 aliphatic heterocycles. The summed E-state index contributed by atoms with van der Waals surface area (Å²) in [5.74, 6) is 0. The van der Waals surface area contributed by atoms with Crippen molar-refractivity contribution in [1.29, 1.82) is 0 Å². The third-order valence-electron chi connectivity index (χ3n) is 0.655. The maximum atomic E-state index is 11.2. The highest BCUT2D eigenvalue weighted by molar-refractivity contribution is 6.57. The summed E-state index contributed by atoms with van der Waals surface area (Å²) >= 11 is 0. The van der Waals surface area contributed by atoms with Gasteiger partial charge in [0.15, 0.2) is 0 Å². The van der Waals surface area contributed by atoms with Crippen molar-refractivity contribution in [3.8, 4) is 0 Å². The van der Waals surface area contributed by atoms with Gasteiger partial charge < -0.3 is 0 Å². The van der Waals surface area contributed by atoms with Crippen LogP contribution in [-0.4, -0.2) is 12.8 Å². The van der Waals surface area contributed by atoms with Crippen molar-refractivity contribution >= 4 is 6.71 Å². The van der Waals surface area contributed by atoms with Gasteiger partial charge in [-0.15, -0.1) is 0 Å². The van der Waals surface area contributed by atoms with Crippen LogP contribution in [0.5, 0.6) is 0 Å². The molecule has 0 nitrogen and oxygen atoms in total. The van der Waals surface area contributed by atoms with Crippen LogP contribution in [0.25, 0.3) is 0 Å². The molecule has 0 saturated heterocycles. The molecular formula is C3H6BF3. The molecule has 0 spiro atoms. The Kier molecular flexibility index (Phi) is 1.72. The molecule has 0 fully saturated rings. The summed E-state index contributed by atoms with van der Waals surface area (Å²) in [5.41, 5.74) is 0. The molecule has 42 valence electrons. The lowest BCUT2D eigenvalue weighted by Crippen LogP contribution is -2.26. The van der Waals surface area contributed by atoms with Crippen molar-refractivity contribution in [1.82, 2.24) is 0 Å². The maximum Gasteiger partial charge on any atom is 0.345 e. The Bertz CT molecular complexity index is 55.7. The second kappa shape index (κ2) is 1.76. The molecule has 0 amide bonds. The molecule has 0 bridgehead atoms. The van der Waals surface area contributed by atoms with E-state index in [1.807, 2.05) is 0 Å². The molecule has 0 aromatic rings. The first-order valence-electron chi connectivity index (χ1n) is 2.01. The summed E-state index contributed by atoms with van der Waals surface area (Å²) in [6, 6.07) is 0. The van der Waals surface area contributed by atoms with Gasteiger partial charge in [0, 0.05) is 0 Å². The highest BCUT2D eigenvalue weighted by Gasteiger charge is 2.34. The largest absolute Gasteiger partial charge is 0.345 e. The van der Waals surface area contributed by atoms with E-state index in [0.29, 0.717) is 0 Å². The van der Waals surface area contributed by atoms with Crippen LogP contribution < -0.4 is 0 Å². The van der Waals surface area contributed by atoms with Crippen molar-refractivity contribution < 1.29 is 13.2 Å². The molecular weight excluding hydrogens is 104 g/mol. The van der Waals surface area contributed by atoms with Gasteiger partial charge in [-0.05, 0) is 0 Å². The number of hydrogen-bond acceptors (Lipinski definition) is 0. The van der Waals surface area contributed by atoms with Crippen molar-refractivity contribution in [2.75, 3.05) is 0 Å². The Hall–Kier alpha value is -0.145. The Labute approximate surface area is 40.8 Å². The first-order valence-corrected chi connectivity index (χ1v) is 2.01. The van der Waals surface area contributed by atoms with Gasteiger partial charge in [-0.25, -0.2) is 0 Å². The molecule has 0 aromatic heterocycles. The third kappa shape index (κ3) is 2.54. The fourth-order valence-corrected chi connectivity index (χ4v) is 0. The van der Waals surface area contributed by atoms with Crippen LogP contribution in [0, 0.1) is 0 Å². The van der Waals surface area contributed by atoms with E-state index >= 15 is 0 Å². The predicted octanol–water partition coefficient (Wildman–Crippen LogP) is 1.84. The first kappa shape index (κ1) is 6.85. The summed E-state index contributed by atoms with van der Waals surface area (Å²) < 4.78 is 33.5. The third-order valence-corrected chi connectivity index (χ3v) is 0.655. The van der Waals surface area contributed by atoms with Gasteiger partial charge >= 0.3 is 6.08 Å². The minimum absolute atomic E-state index is 1.12. The number of halogens is 3. The van der Waals surface area contributed by atoms with E-state index < -0.39 is 12.8 Å². The number of alkyl halides is 3. The molecule has 0 aliphatic carbocycles. The average molecular weight is 110 g/mol. The molecule has 0 saturated carbocycles. The van der Waals surface area contributed by atoms with Crippen LogP contribution >= 0.6 is 0 Å². The van der Waals surface area contributed by atoms with Crippen LogP contribution in [0.4, 0.5) is 13.2 Å². The molecule has 0 atom stereocenters. The molecule has 0 rings (SSSR count). The fraction of sp³-hybridized carbons (Fsp3) is 1.00. The first-order chi connectivity index (χ1) is 2.94. The molecule has 0 unspecified atom stereocenters. The van der Waals surface area contributed by atoms with Gasteiger partial charge in [0.25, 0.3) is 6.71 Å². The second-order valence-corrected chi connectivity index (χ2v) is 1.70. The van der Waals surface area contributed by atoms with E-state index in [1.54, 1.807) is 0 Å². The monoisotopic (exact) mass is 110 g/mol.